The summed E-state index contributed by atoms with van der Waals surface area (Å²) in [7, 11) is 0. The number of benzene rings is 1. The number of ether oxygens (including phenoxy) is 1. The second-order valence-electron chi connectivity index (χ2n) is 6.25. The third-order valence-electron chi connectivity index (χ3n) is 3.90. The van der Waals surface area contributed by atoms with E-state index in [0.29, 0.717) is 5.41 Å². The lowest BCUT2D eigenvalue weighted by Crippen LogP contribution is -2.28. The Morgan fingerprint density at radius 3 is 2.53 bits per heavy atom. The van der Waals surface area contributed by atoms with E-state index in [1.165, 1.54) is 12.1 Å². The molecule has 0 aromatic heterocycles. The van der Waals surface area contributed by atoms with Gasteiger partial charge in [0.05, 0.1) is 5.56 Å². The normalized spacial score (nSPS) is 19.2. The highest BCUT2D eigenvalue weighted by Crippen LogP contribution is 2.36. The minimum absolute atomic E-state index is 0.0374. The summed E-state index contributed by atoms with van der Waals surface area (Å²) in [5.74, 6) is -1.04. The molecule has 0 saturated heterocycles. The fraction of sp³-hybridized carbons (Fsp3) is 0.562. The Hall–Kier alpha value is -1.38. The number of carbonyl (C=O) groups is 1. The molecule has 0 radical (unpaired) electrons. The maximum absolute atomic E-state index is 13.7. The van der Waals surface area contributed by atoms with Crippen molar-refractivity contribution < 1.29 is 13.9 Å². The molecule has 0 bridgehead atoms. The molecule has 104 valence electrons. The Morgan fingerprint density at radius 2 is 1.95 bits per heavy atom. The van der Waals surface area contributed by atoms with Crippen LogP contribution in [0.3, 0.4) is 0 Å². The lowest BCUT2D eigenvalue weighted by molar-refractivity contribution is 0.00907. The monoisotopic (exact) mass is 264 g/mol. The molecule has 0 amide bonds. The lowest BCUT2D eigenvalue weighted by atomic mass is 9.76. The summed E-state index contributed by atoms with van der Waals surface area (Å²) in [6, 6.07) is 4.59. The first-order valence-corrected chi connectivity index (χ1v) is 6.84. The standard InChI is InChI=1S/C16H21FO2/c1-11-4-5-13(14(17)10-11)15(18)19-12-6-8-16(2,3)9-7-12/h4-5,10,12H,6-9H2,1-3H3. The van der Waals surface area contributed by atoms with Crippen molar-refractivity contribution in [2.24, 2.45) is 5.41 Å². The zero-order chi connectivity index (χ0) is 14.0. The molecule has 0 aliphatic heterocycles. The Bertz CT molecular complexity index is 470. The molecule has 3 heteroatoms. The Labute approximate surface area is 114 Å². The maximum atomic E-state index is 13.7. The minimum atomic E-state index is -0.540. The van der Waals surface area contributed by atoms with Gasteiger partial charge in [-0.15, -0.1) is 0 Å². The SMILES string of the molecule is Cc1ccc(C(=O)OC2CCC(C)(C)CC2)c(F)c1. The van der Waals surface area contributed by atoms with Crippen LogP contribution in [0.1, 0.15) is 55.5 Å². The van der Waals surface area contributed by atoms with Gasteiger partial charge in [0.15, 0.2) is 0 Å². The number of aryl methyl sites for hydroxylation is 1. The first kappa shape index (κ1) is 14.0. The first-order chi connectivity index (χ1) is 8.87. The summed E-state index contributed by atoms with van der Waals surface area (Å²) in [5, 5.41) is 0. The molecule has 0 unspecified atom stereocenters. The van der Waals surface area contributed by atoms with E-state index in [1.54, 1.807) is 13.0 Å². The van der Waals surface area contributed by atoms with Gasteiger partial charge in [0, 0.05) is 0 Å². The van der Waals surface area contributed by atoms with Crippen LogP contribution in [0.15, 0.2) is 18.2 Å². The number of rotatable bonds is 2. The topological polar surface area (TPSA) is 26.3 Å². The molecular formula is C16H21FO2. The van der Waals surface area contributed by atoms with Crippen molar-refractivity contribution in [1.29, 1.82) is 0 Å². The zero-order valence-electron chi connectivity index (χ0n) is 11.8. The van der Waals surface area contributed by atoms with E-state index in [9.17, 15) is 9.18 Å². The summed E-state index contributed by atoms with van der Waals surface area (Å²) in [6.07, 6.45) is 3.75. The molecule has 1 saturated carbocycles. The maximum Gasteiger partial charge on any atom is 0.341 e. The van der Waals surface area contributed by atoms with Crippen LogP contribution in [0.2, 0.25) is 0 Å². The van der Waals surface area contributed by atoms with Crippen molar-refractivity contribution >= 4 is 5.97 Å². The van der Waals surface area contributed by atoms with Crippen LogP contribution >= 0.6 is 0 Å². The molecule has 1 aromatic carbocycles. The van der Waals surface area contributed by atoms with Crippen LogP contribution in [-0.4, -0.2) is 12.1 Å². The molecule has 2 nitrogen and oxygen atoms in total. The van der Waals surface area contributed by atoms with Gasteiger partial charge in [0.25, 0.3) is 0 Å². The first-order valence-electron chi connectivity index (χ1n) is 6.84. The van der Waals surface area contributed by atoms with Gasteiger partial charge < -0.3 is 4.74 Å². The van der Waals surface area contributed by atoms with Gasteiger partial charge in [-0.05, 0) is 55.7 Å². The number of halogens is 1. The van der Waals surface area contributed by atoms with Crippen molar-refractivity contribution in [3.63, 3.8) is 0 Å². The third-order valence-corrected chi connectivity index (χ3v) is 3.90. The fourth-order valence-electron chi connectivity index (χ4n) is 2.49. The van der Waals surface area contributed by atoms with Gasteiger partial charge in [-0.25, -0.2) is 9.18 Å². The van der Waals surface area contributed by atoms with Gasteiger partial charge in [0.1, 0.15) is 11.9 Å². The Kier molecular flexibility index (Phi) is 3.93. The summed E-state index contributed by atoms with van der Waals surface area (Å²) in [5.41, 5.74) is 1.17. The molecule has 0 spiro atoms. The summed E-state index contributed by atoms with van der Waals surface area (Å²) in [6.45, 7) is 6.25. The van der Waals surface area contributed by atoms with Crippen molar-refractivity contribution in [3.05, 3.63) is 35.1 Å². The zero-order valence-corrected chi connectivity index (χ0v) is 11.8. The van der Waals surface area contributed by atoms with Crippen molar-refractivity contribution in [2.75, 3.05) is 0 Å². The van der Waals surface area contributed by atoms with Gasteiger partial charge in [0.2, 0.25) is 0 Å². The highest BCUT2D eigenvalue weighted by Gasteiger charge is 2.29. The van der Waals surface area contributed by atoms with Crippen molar-refractivity contribution in [1.82, 2.24) is 0 Å². The minimum Gasteiger partial charge on any atom is -0.459 e. The quantitative estimate of drug-likeness (QED) is 0.746. The number of carbonyl (C=O) groups excluding carboxylic acids is 1. The predicted molar refractivity (Wildman–Crippen MR) is 72.6 cm³/mol. The molecule has 19 heavy (non-hydrogen) atoms. The van der Waals surface area contributed by atoms with E-state index in [-0.39, 0.29) is 11.7 Å². The van der Waals surface area contributed by atoms with Crippen molar-refractivity contribution in [2.45, 2.75) is 52.6 Å². The Morgan fingerprint density at radius 1 is 1.32 bits per heavy atom. The molecule has 0 heterocycles. The molecule has 1 aromatic rings. The van der Waals surface area contributed by atoms with Crippen LogP contribution in [0, 0.1) is 18.2 Å². The molecule has 2 rings (SSSR count). The molecular weight excluding hydrogens is 243 g/mol. The molecule has 1 aliphatic rings. The van der Waals surface area contributed by atoms with E-state index in [0.717, 1.165) is 31.2 Å². The van der Waals surface area contributed by atoms with Crippen molar-refractivity contribution in [3.8, 4) is 0 Å². The fourth-order valence-corrected chi connectivity index (χ4v) is 2.49. The summed E-state index contributed by atoms with van der Waals surface area (Å²) < 4.78 is 19.1. The highest BCUT2D eigenvalue weighted by atomic mass is 19.1. The summed E-state index contributed by atoms with van der Waals surface area (Å²) in [4.78, 5) is 11.9. The van der Waals surface area contributed by atoms with E-state index < -0.39 is 11.8 Å². The van der Waals surface area contributed by atoms with Gasteiger partial charge in [-0.3, -0.25) is 0 Å². The number of hydrogen-bond donors (Lipinski definition) is 0. The second-order valence-corrected chi connectivity index (χ2v) is 6.25. The smallest absolute Gasteiger partial charge is 0.341 e. The van der Waals surface area contributed by atoms with Gasteiger partial charge >= 0.3 is 5.97 Å². The molecule has 1 aliphatic carbocycles. The third kappa shape index (κ3) is 3.55. The molecule has 0 atom stereocenters. The van der Waals surface area contributed by atoms with E-state index >= 15 is 0 Å². The average Bonchev–Trinajstić information content (AvgIpc) is 2.31. The van der Waals surface area contributed by atoms with Crippen LogP contribution in [0.5, 0.6) is 0 Å². The summed E-state index contributed by atoms with van der Waals surface area (Å²) >= 11 is 0. The van der Waals surface area contributed by atoms with E-state index in [4.69, 9.17) is 4.74 Å². The second kappa shape index (κ2) is 5.32. The van der Waals surface area contributed by atoms with Crippen LogP contribution in [-0.2, 0) is 4.74 Å². The van der Waals surface area contributed by atoms with Gasteiger partial charge in [-0.1, -0.05) is 19.9 Å². The highest BCUT2D eigenvalue weighted by molar-refractivity contribution is 5.89. The number of hydrogen-bond acceptors (Lipinski definition) is 2. The van der Waals surface area contributed by atoms with Crippen LogP contribution in [0.4, 0.5) is 4.39 Å². The average molecular weight is 264 g/mol. The van der Waals surface area contributed by atoms with Gasteiger partial charge in [-0.2, -0.15) is 0 Å². The molecule has 1 fully saturated rings. The van der Waals surface area contributed by atoms with Crippen LogP contribution in [0.25, 0.3) is 0 Å². The largest absolute Gasteiger partial charge is 0.459 e. The Balaban J connectivity index is 1.98. The van der Waals surface area contributed by atoms with Crippen LogP contribution < -0.4 is 0 Å². The number of esters is 1. The van der Waals surface area contributed by atoms with E-state index in [1.807, 2.05) is 0 Å². The van der Waals surface area contributed by atoms with E-state index in [2.05, 4.69) is 13.8 Å². The molecule has 0 N–H and O–H groups in total. The predicted octanol–water partition coefficient (Wildman–Crippen LogP) is 4.26. The lowest BCUT2D eigenvalue weighted by Gasteiger charge is -2.33.